The average Bonchev–Trinajstić information content (AvgIpc) is 2.80. The van der Waals surface area contributed by atoms with Gasteiger partial charge >= 0.3 is 0 Å². The summed E-state index contributed by atoms with van der Waals surface area (Å²) in [6.07, 6.45) is 0. The molecule has 0 spiro atoms. The summed E-state index contributed by atoms with van der Waals surface area (Å²) in [4.78, 5) is 23.5. The van der Waals surface area contributed by atoms with Crippen LogP contribution in [-0.2, 0) is 7.05 Å². The summed E-state index contributed by atoms with van der Waals surface area (Å²) >= 11 is 0. The van der Waals surface area contributed by atoms with Gasteiger partial charge in [0.1, 0.15) is 0 Å². The number of pyridine rings is 1. The van der Waals surface area contributed by atoms with Gasteiger partial charge in [-0.25, -0.2) is 0 Å². The Labute approximate surface area is 178 Å². The highest BCUT2D eigenvalue weighted by atomic mass is 16.6. The molecule has 0 fully saturated rings. The summed E-state index contributed by atoms with van der Waals surface area (Å²) in [6.45, 7) is 0. The lowest BCUT2D eigenvalue weighted by atomic mass is 9.93. The summed E-state index contributed by atoms with van der Waals surface area (Å²) in [5, 5.41) is 13.9. The fraction of sp³-hybridized carbons (Fsp3) is 0.0385. The van der Waals surface area contributed by atoms with Crippen molar-refractivity contribution < 1.29 is 4.92 Å². The van der Waals surface area contributed by atoms with Crippen molar-refractivity contribution in [2.24, 2.45) is 7.05 Å². The van der Waals surface area contributed by atoms with Crippen molar-refractivity contribution in [1.82, 2.24) is 4.57 Å². The van der Waals surface area contributed by atoms with Gasteiger partial charge in [0.15, 0.2) is 5.43 Å². The van der Waals surface area contributed by atoms with E-state index in [0.717, 1.165) is 38.7 Å². The minimum absolute atomic E-state index is 0.0356. The number of benzene rings is 4. The molecule has 0 unspecified atom stereocenters. The molecule has 5 aromatic rings. The summed E-state index contributed by atoms with van der Waals surface area (Å²) in [5.41, 5.74) is 4.33. The summed E-state index contributed by atoms with van der Waals surface area (Å²) in [7, 11) is 1.95. The highest BCUT2D eigenvalue weighted by Gasteiger charge is 2.15. The van der Waals surface area contributed by atoms with E-state index in [4.69, 9.17) is 0 Å². The molecule has 0 aliphatic carbocycles. The van der Waals surface area contributed by atoms with E-state index >= 15 is 0 Å². The van der Waals surface area contributed by atoms with Crippen LogP contribution in [0.15, 0.2) is 95.8 Å². The van der Waals surface area contributed by atoms with Gasteiger partial charge in [0, 0.05) is 36.2 Å². The maximum Gasteiger partial charge on any atom is 0.269 e. The van der Waals surface area contributed by atoms with Gasteiger partial charge in [-0.15, -0.1) is 0 Å². The minimum atomic E-state index is -0.405. The molecule has 150 valence electrons. The van der Waals surface area contributed by atoms with Gasteiger partial charge < -0.3 is 4.57 Å². The van der Waals surface area contributed by atoms with Crippen LogP contribution in [0.5, 0.6) is 0 Å². The lowest BCUT2D eigenvalue weighted by molar-refractivity contribution is -0.384. The highest BCUT2D eigenvalue weighted by Crippen LogP contribution is 2.36. The van der Waals surface area contributed by atoms with Gasteiger partial charge in [-0.1, -0.05) is 36.4 Å². The molecule has 0 saturated carbocycles. The molecule has 1 heterocycles. The van der Waals surface area contributed by atoms with Crippen molar-refractivity contribution in [2.75, 3.05) is 0 Å². The summed E-state index contributed by atoms with van der Waals surface area (Å²) in [6, 6.07) is 27.9. The molecule has 4 aromatic carbocycles. The van der Waals surface area contributed by atoms with Crippen LogP contribution in [0.1, 0.15) is 0 Å². The number of aryl methyl sites for hydroxylation is 1. The van der Waals surface area contributed by atoms with E-state index < -0.39 is 4.92 Å². The molecule has 5 heteroatoms. The molecule has 0 bridgehead atoms. The molecule has 0 saturated heterocycles. The first-order valence-electron chi connectivity index (χ1n) is 9.90. The molecule has 0 aliphatic rings. The van der Waals surface area contributed by atoms with E-state index in [2.05, 4.69) is 12.1 Å². The number of non-ortho nitro benzene ring substituents is 1. The SMILES string of the molecule is Cn1c(-c2cc3ccccc3cc2-c2ccc([N+](=O)[O-])cc2)cc(=O)c2ccccc21. The number of nitro benzene ring substituents is 1. The third-order valence-corrected chi connectivity index (χ3v) is 5.71. The van der Waals surface area contributed by atoms with Crippen LogP contribution in [0, 0.1) is 10.1 Å². The Morgan fingerprint density at radius 1 is 0.774 bits per heavy atom. The van der Waals surface area contributed by atoms with Crippen molar-refractivity contribution in [3.8, 4) is 22.4 Å². The normalized spacial score (nSPS) is 11.1. The van der Waals surface area contributed by atoms with Crippen LogP contribution in [-0.4, -0.2) is 9.49 Å². The topological polar surface area (TPSA) is 65.1 Å². The van der Waals surface area contributed by atoms with E-state index in [9.17, 15) is 14.9 Å². The number of aromatic nitrogens is 1. The Balaban J connectivity index is 1.84. The largest absolute Gasteiger partial charge is 0.343 e. The van der Waals surface area contributed by atoms with Crippen LogP contribution < -0.4 is 5.43 Å². The number of rotatable bonds is 3. The highest BCUT2D eigenvalue weighted by molar-refractivity contribution is 5.97. The van der Waals surface area contributed by atoms with Crippen LogP contribution in [0.25, 0.3) is 44.1 Å². The second kappa shape index (κ2) is 7.22. The molecule has 0 radical (unpaired) electrons. The fourth-order valence-corrected chi connectivity index (χ4v) is 4.12. The van der Waals surface area contributed by atoms with Crippen molar-refractivity contribution in [2.45, 2.75) is 0 Å². The van der Waals surface area contributed by atoms with Crippen LogP contribution >= 0.6 is 0 Å². The van der Waals surface area contributed by atoms with E-state index in [0.29, 0.717) is 5.39 Å². The number of para-hydroxylation sites is 1. The number of hydrogen-bond acceptors (Lipinski definition) is 3. The molecule has 0 amide bonds. The van der Waals surface area contributed by atoms with Crippen molar-refractivity contribution in [3.63, 3.8) is 0 Å². The second-order valence-electron chi connectivity index (χ2n) is 7.52. The molecule has 0 atom stereocenters. The van der Waals surface area contributed by atoms with Gasteiger partial charge in [0.05, 0.1) is 16.1 Å². The monoisotopic (exact) mass is 406 g/mol. The van der Waals surface area contributed by atoms with Gasteiger partial charge in [0.25, 0.3) is 5.69 Å². The van der Waals surface area contributed by atoms with E-state index in [1.54, 1.807) is 18.2 Å². The first-order chi connectivity index (χ1) is 15.0. The smallest absolute Gasteiger partial charge is 0.269 e. The molecule has 0 aliphatic heterocycles. The van der Waals surface area contributed by atoms with Crippen molar-refractivity contribution in [1.29, 1.82) is 0 Å². The zero-order valence-corrected chi connectivity index (χ0v) is 16.8. The van der Waals surface area contributed by atoms with E-state index in [-0.39, 0.29) is 11.1 Å². The third kappa shape index (κ3) is 3.16. The standard InChI is InChI=1S/C26H18N2O3/c1-27-24-9-5-4-8-21(24)26(29)16-25(27)23-15-19-7-3-2-6-18(19)14-22(23)17-10-12-20(13-11-17)28(30)31/h2-16H,1H3. The Morgan fingerprint density at radius 2 is 1.39 bits per heavy atom. The van der Waals surface area contributed by atoms with Crippen LogP contribution in [0.3, 0.4) is 0 Å². The molecule has 5 nitrogen and oxygen atoms in total. The number of nitrogens with zero attached hydrogens (tertiary/aromatic N) is 2. The lowest BCUT2D eigenvalue weighted by Gasteiger charge is -2.17. The number of fused-ring (bicyclic) bond motifs is 2. The van der Waals surface area contributed by atoms with Crippen LogP contribution in [0.2, 0.25) is 0 Å². The zero-order valence-electron chi connectivity index (χ0n) is 16.8. The fourth-order valence-electron chi connectivity index (χ4n) is 4.12. The van der Waals surface area contributed by atoms with Gasteiger partial charge in [0.2, 0.25) is 0 Å². The predicted molar refractivity (Wildman–Crippen MR) is 124 cm³/mol. The maximum atomic E-state index is 12.9. The second-order valence-corrected chi connectivity index (χ2v) is 7.52. The molecule has 31 heavy (non-hydrogen) atoms. The summed E-state index contributed by atoms with van der Waals surface area (Å²) < 4.78 is 2.02. The van der Waals surface area contributed by atoms with Crippen LogP contribution in [0.4, 0.5) is 5.69 Å². The van der Waals surface area contributed by atoms with E-state index in [1.165, 1.54) is 12.1 Å². The molecular formula is C26H18N2O3. The minimum Gasteiger partial charge on any atom is -0.343 e. The number of nitro groups is 1. The quantitative estimate of drug-likeness (QED) is 0.275. The van der Waals surface area contributed by atoms with Crippen molar-refractivity contribution >= 4 is 27.4 Å². The average molecular weight is 406 g/mol. The first kappa shape index (κ1) is 18.8. The van der Waals surface area contributed by atoms with Gasteiger partial charge in [-0.2, -0.15) is 0 Å². The molecule has 0 N–H and O–H groups in total. The Hall–Kier alpha value is -4.25. The van der Waals surface area contributed by atoms with Gasteiger partial charge in [-0.05, 0) is 58.3 Å². The lowest BCUT2D eigenvalue weighted by Crippen LogP contribution is -2.09. The molecule has 5 rings (SSSR count). The third-order valence-electron chi connectivity index (χ3n) is 5.71. The van der Waals surface area contributed by atoms with Crippen molar-refractivity contribution in [3.05, 3.63) is 111 Å². The Kier molecular flexibility index (Phi) is 4.37. The first-order valence-corrected chi connectivity index (χ1v) is 9.90. The van der Waals surface area contributed by atoms with E-state index in [1.807, 2.05) is 60.1 Å². The predicted octanol–water partition coefficient (Wildman–Crippen LogP) is 5.93. The molecule has 1 aromatic heterocycles. The van der Waals surface area contributed by atoms with Gasteiger partial charge in [-0.3, -0.25) is 14.9 Å². The zero-order chi connectivity index (χ0) is 21.5. The molecular weight excluding hydrogens is 388 g/mol. The summed E-state index contributed by atoms with van der Waals surface area (Å²) in [5.74, 6) is 0. The maximum absolute atomic E-state index is 12.9. The number of hydrogen-bond donors (Lipinski definition) is 0. The Morgan fingerprint density at radius 3 is 2.06 bits per heavy atom. The Bertz CT molecular complexity index is 1530.